The smallest absolute Gasteiger partial charge is 0.408 e. The number of hydrogen-bond acceptors (Lipinski definition) is 12. The van der Waals surface area contributed by atoms with Gasteiger partial charge in [0.05, 0.1) is 32.0 Å². The zero-order valence-electron chi connectivity index (χ0n) is 32.5. The van der Waals surface area contributed by atoms with Crippen LogP contribution in [0.2, 0.25) is 0 Å². The van der Waals surface area contributed by atoms with Crippen LogP contribution >= 0.6 is 11.3 Å². The molecule has 2 saturated carbocycles. The molecular formula is C41H52N6O8S. The molecule has 0 spiro atoms. The van der Waals surface area contributed by atoms with Crippen LogP contribution in [0.3, 0.4) is 0 Å². The molecule has 3 N–H and O–H groups in total. The molecule has 4 heterocycles. The van der Waals surface area contributed by atoms with Crippen molar-refractivity contribution in [3.63, 3.8) is 0 Å². The fourth-order valence-electron chi connectivity index (χ4n) is 8.07. The summed E-state index contributed by atoms with van der Waals surface area (Å²) in [6, 6.07) is 5.65. The molecule has 1 aromatic carbocycles. The zero-order chi connectivity index (χ0) is 39.4. The first kappa shape index (κ1) is 39.3. The lowest BCUT2D eigenvalue weighted by Gasteiger charge is -2.29. The number of nitrogens with zero attached hydrogens (tertiary/aromatic N) is 3. The van der Waals surface area contributed by atoms with Crippen molar-refractivity contribution in [2.75, 3.05) is 26.1 Å². The lowest BCUT2D eigenvalue weighted by atomic mass is 10.0. The van der Waals surface area contributed by atoms with Gasteiger partial charge in [-0.05, 0) is 77.3 Å². The van der Waals surface area contributed by atoms with E-state index in [0.717, 1.165) is 55.5 Å². The van der Waals surface area contributed by atoms with E-state index < -0.39 is 47.6 Å². The van der Waals surface area contributed by atoms with Crippen molar-refractivity contribution in [1.29, 1.82) is 0 Å². The number of rotatable bonds is 9. The molecule has 14 nitrogen and oxygen atoms in total. The minimum atomic E-state index is -1.22. The topological polar surface area (TPSA) is 170 Å². The first-order valence-corrected chi connectivity index (χ1v) is 20.7. The molecule has 3 aromatic rings. The highest BCUT2D eigenvalue weighted by molar-refractivity contribution is 7.14. The van der Waals surface area contributed by atoms with Gasteiger partial charge < -0.3 is 39.8 Å². The normalized spacial score (nSPS) is 26.3. The zero-order valence-corrected chi connectivity index (χ0v) is 33.3. The number of carbonyl (C=O) groups excluding carboxylic acids is 4. The van der Waals surface area contributed by atoms with Crippen LogP contribution in [-0.4, -0.2) is 95.4 Å². The molecule has 1 saturated heterocycles. The van der Waals surface area contributed by atoms with Gasteiger partial charge in [-0.25, -0.2) is 19.6 Å². The Kier molecular flexibility index (Phi) is 12.0. The fraction of sp³-hybridized carbons (Fsp3) is 0.561. The van der Waals surface area contributed by atoms with E-state index in [1.54, 1.807) is 7.11 Å². The number of aromatic nitrogens is 2. The van der Waals surface area contributed by atoms with E-state index in [0.29, 0.717) is 47.7 Å². The van der Waals surface area contributed by atoms with Crippen LogP contribution in [0.4, 0.5) is 9.93 Å². The van der Waals surface area contributed by atoms with Crippen molar-refractivity contribution in [3.05, 3.63) is 41.8 Å². The van der Waals surface area contributed by atoms with Crippen LogP contribution in [0.5, 0.6) is 11.5 Å². The van der Waals surface area contributed by atoms with Crippen molar-refractivity contribution in [2.24, 2.45) is 5.92 Å². The molecule has 4 aliphatic rings. The summed E-state index contributed by atoms with van der Waals surface area (Å²) < 4.78 is 23.1. The lowest BCUT2D eigenvalue weighted by Crippen LogP contribution is -2.56. The second-order valence-corrected chi connectivity index (χ2v) is 16.4. The van der Waals surface area contributed by atoms with Gasteiger partial charge in [0.25, 0.3) is 0 Å². The third kappa shape index (κ3) is 8.72. The van der Waals surface area contributed by atoms with E-state index >= 15 is 0 Å². The summed E-state index contributed by atoms with van der Waals surface area (Å²) in [4.78, 5) is 66.5. The maximum atomic E-state index is 14.6. The van der Waals surface area contributed by atoms with Gasteiger partial charge in [-0.1, -0.05) is 25.0 Å². The van der Waals surface area contributed by atoms with E-state index in [2.05, 4.69) is 16.0 Å². The molecule has 300 valence electrons. The Labute approximate surface area is 331 Å². The Hall–Kier alpha value is -4.92. The highest BCUT2D eigenvalue weighted by Crippen LogP contribution is 2.46. The van der Waals surface area contributed by atoms with Gasteiger partial charge in [-0.3, -0.25) is 9.59 Å². The number of fused-ring (bicyclic) bond motifs is 3. The van der Waals surface area contributed by atoms with Gasteiger partial charge in [0, 0.05) is 41.3 Å². The number of thiazole rings is 1. The van der Waals surface area contributed by atoms with Gasteiger partial charge in [-0.2, -0.15) is 0 Å². The van der Waals surface area contributed by atoms with Crippen molar-refractivity contribution in [3.8, 4) is 22.9 Å². The minimum absolute atomic E-state index is 0.0653. The molecule has 0 radical (unpaired) electrons. The van der Waals surface area contributed by atoms with Crippen molar-refractivity contribution in [2.45, 2.75) is 120 Å². The Balaban J connectivity index is 1.21. The Bertz CT molecular complexity index is 1960. The van der Waals surface area contributed by atoms with E-state index in [1.807, 2.05) is 55.6 Å². The molecule has 0 bridgehead atoms. The maximum Gasteiger partial charge on any atom is 0.408 e. The molecule has 3 amide bonds. The summed E-state index contributed by atoms with van der Waals surface area (Å²) in [5, 5.41) is 12.6. The second-order valence-electron chi connectivity index (χ2n) is 15.5. The number of allylic oxidation sites excluding steroid dienone is 1. The molecule has 0 unspecified atom stereocenters. The van der Waals surface area contributed by atoms with E-state index in [-0.39, 0.29) is 31.0 Å². The summed E-state index contributed by atoms with van der Waals surface area (Å²) in [5.41, 5.74) is 0.669. The number of hydrogen-bond donors (Lipinski definition) is 3. The molecule has 56 heavy (non-hydrogen) atoms. The first-order valence-electron chi connectivity index (χ1n) is 19.8. The van der Waals surface area contributed by atoms with Crippen LogP contribution < -0.4 is 25.4 Å². The fourth-order valence-corrected chi connectivity index (χ4v) is 8.92. The molecule has 3 fully saturated rings. The number of alkyl carbamates (subject to hydrolysis) is 1. The summed E-state index contributed by atoms with van der Waals surface area (Å²) in [6.07, 6.45) is 10.3. The molecule has 15 heteroatoms. The van der Waals surface area contributed by atoms with Crippen LogP contribution in [-0.2, 0) is 23.9 Å². The molecular weight excluding hydrogens is 737 g/mol. The number of pyridine rings is 1. The quantitative estimate of drug-likeness (QED) is 0.168. The summed E-state index contributed by atoms with van der Waals surface area (Å²) in [6.45, 7) is 4.16. The molecule has 2 aliphatic carbocycles. The lowest BCUT2D eigenvalue weighted by molar-refractivity contribution is -0.148. The number of anilines is 1. The van der Waals surface area contributed by atoms with Crippen molar-refractivity contribution in [1.82, 2.24) is 25.5 Å². The Morgan fingerprint density at radius 2 is 1.80 bits per heavy atom. The number of ether oxygens (including phenoxy) is 4. The van der Waals surface area contributed by atoms with Gasteiger partial charge in [0.1, 0.15) is 47.0 Å². The average molecular weight is 789 g/mol. The van der Waals surface area contributed by atoms with Gasteiger partial charge in [0.2, 0.25) is 11.8 Å². The molecule has 7 rings (SSSR count). The summed E-state index contributed by atoms with van der Waals surface area (Å²) in [5.74, 6) is -0.492. The van der Waals surface area contributed by atoms with E-state index in [4.69, 9.17) is 28.9 Å². The number of benzene rings is 1. The van der Waals surface area contributed by atoms with E-state index in [9.17, 15) is 19.2 Å². The summed E-state index contributed by atoms with van der Waals surface area (Å²) >= 11 is 1.48. The van der Waals surface area contributed by atoms with Crippen LogP contribution in [0.25, 0.3) is 22.3 Å². The predicted octanol–water partition coefficient (Wildman–Crippen LogP) is 6.14. The van der Waals surface area contributed by atoms with Crippen molar-refractivity contribution < 1.29 is 38.1 Å². The minimum Gasteiger partial charge on any atom is -0.497 e. The predicted molar refractivity (Wildman–Crippen MR) is 212 cm³/mol. The van der Waals surface area contributed by atoms with Gasteiger partial charge >= 0.3 is 12.1 Å². The largest absolute Gasteiger partial charge is 0.497 e. The summed E-state index contributed by atoms with van der Waals surface area (Å²) in [7, 11) is 2.90. The van der Waals surface area contributed by atoms with Crippen molar-refractivity contribution >= 4 is 51.2 Å². The van der Waals surface area contributed by atoms with E-state index in [1.165, 1.54) is 23.3 Å². The number of esters is 1. The van der Waals surface area contributed by atoms with Crippen LogP contribution in [0, 0.1) is 5.92 Å². The van der Waals surface area contributed by atoms with Crippen LogP contribution in [0.15, 0.2) is 41.8 Å². The SMILES string of the molecule is COC(=O)[C@@]12C[C@H]1/C=C\CCCCC[C@H](NC(=O)OC1CCCC1)C(=O)N1C[C@H](Oc3cc(-c4csc(NC(C)C)n4)nc4cc(OC)ccc34)C[C@H]1C(=O)N2. The van der Waals surface area contributed by atoms with Gasteiger partial charge in [0.15, 0.2) is 5.13 Å². The molecule has 2 aliphatic heterocycles. The highest BCUT2D eigenvalue weighted by Gasteiger charge is 2.62. The monoisotopic (exact) mass is 788 g/mol. The Morgan fingerprint density at radius 3 is 2.57 bits per heavy atom. The third-order valence-corrected chi connectivity index (χ3v) is 11.9. The molecule has 2 aromatic heterocycles. The number of carbonyl (C=O) groups is 4. The average Bonchev–Trinajstić information content (AvgIpc) is 3.62. The Morgan fingerprint density at radius 1 is 1.00 bits per heavy atom. The number of methoxy groups -OCH3 is 2. The standard InChI is InChI=1S/C41H52N6O8S/c1-24(2)42-39-44-33(23-56-39)32-20-35(29-17-16-27(52-3)18-31(29)43-32)54-28-19-34-36(48)46-41(38(50)53-4)21-25(41)12-8-6-5-7-9-15-30(37(49)47(34)22-28)45-40(51)55-26-13-10-11-14-26/h8,12,16-18,20,23-26,28,30,34H,5-7,9-11,13-15,19,21-22H2,1-4H3,(H,42,44)(H,45,51)(H,46,48)/b12-8-/t25-,28-,30+,34+,41-/m1/s1. The molecule has 5 atom stereocenters. The second kappa shape index (κ2) is 17.1. The van der Waals surface area contributed by atoms with Crippen LogP contribution in [0.1, 0.15) is 84.5 Å². The number of nitrogens with one attached hydrogen (secondary N) is 3. The maximum absolute atomic E-state index is 14.6. The number of amides is 3. The highest BCUT2D eigenvalue weighted by atomic mass is 32.1. The first-order chi connectivity index (χ1) is 27.1. The van der Waals surface area contributed by atoms with Gasteiger partial charge in [-0.15, -0.1) is 11.3 Å². The third-order valence-electron chi connectivity index (χ3n) is 11.1.